The van der Waals surface area contributed by atoms with Crippen molar-refractivity contribution in [1.82, 2.24) is 10.2 Å². The maximum absolute atomic E-state index is 13.3. The van der Waals surface area contributed by atoms with Crippen LogP contribution in [-0.4, -0.2) is 63.3 Å². The number of rotatable bonds is 10. The summed E-state index contributed by atoms with van der Waals surface area (Å²) >= 11 is 3.29. The molecule has 1 aromatic carbocycles. The summed E-state index contributed by atoms with van der Waals surface area (Å²) in [4.78, 5) is 40.7. The molecule has 1 aliphatic heterocycles. The van der Waals surface area contributed by atoms with Crippen molar-refractivity contribution in [3.8, 4) is 0 Å². The predicted molar refractivity (Wildman–Crippen MR) is 145 cm³/mol. The first kappa shape index (κ1) is 31.4. The fourth-order valence-electron chi connectivity index (χ4n) is 3.88. The van der Waals surface area contributed by atoms with Crippen LogP contribution in [0.15, 0.2) is 51.3 Å². The summed E-state index contributed by atoms with van der Waals surface area (Å²) in [5.41, 5.74) is 3.14. The van der Waals surface area contributed by atoms with Gasteiger partial charge in [0.1, 0.15) is 4.48 Å². The molecular weight excluding hydrogens is 552 g/mol. The van der Waals surface area contributed by atoms with Crippen LogP contribution in [-0.2, 0) is 28.6 Å². The van der Waals surface area contributed by atoms with E-state index in [9.17, 15) is 14.4 Å². The van der Waals surface area contributed by atoms with Gasteiger partial charge in [-0.3, -0.25) is 0 Å². The van der Waals surface area contributed by atoms with E-state index >= 15 is 0 Å². The Morgan fingerprint density at radius 3 is 2.08 bits per heavy atom. The van der Waals surface area contributed by atoms with Crippen LogP contribution in [0.5, 0.6) is 0 Å². The van der Waals surface area contributed by atoms with Gasteiger partial charge in [-0.2, -0.15) is 0 Å². The van der Waals surface area contributed by atoms with Crippen LogP contribution < -0.4 is 5.32 Å². The summed E-state index contributed by atoms with van der Waals surface area (Å²) < 4.78 is 16.1. The standard InChI is InChI=1S/C26H33BrN2O6.ClH/c1-7-33-24(30)19(27)14-17-12-10-11-13-18(17)22-21(25(31)34-8-2)16(4)28-20(15-29(5)6)23(22)26(32)35-9-3;/h10-14,22,28H,7-9,15H2,1-6H3;1H/b19-14-;. The minimum atomic E-state index is -0.778. The third-order valence-corrected chi connectivity index (χ3v) is 5.72. The number of allylic oxidation sites excluding steroid dienone is 1. The van der Waals surface area contributed by atoms with Gasteiger partial charge >= 0.3 is 17.9 Å². The zero-order valence-corrected chi connectivity index (χ0v) is 23.9. The van der Waals surface area contributed by atoms with E-state index in [0.29, 0.717) is 40.2 Å². The molecule has 1 aromatic rings. The topological polar surface area (TPSA) is 94.2 Å². The second-order valence-corrected chi connectivity index (χ2v) is 8.86. The van der Waals surface area contributed by atoms with Crippen LogP contribution in [0.1, 0.15) is 44.7 Å². The first-order chi connectivity index (χ1) is 16.7. The number of likely N-dealkylation sites (N-methyl/N-ethyl adjacent to an activating group) is 1. The molecule has 0 saturated heterocycles. The molecule has 1 unspecified atom stereocenters. The highest BCUT2D eigenvalue weighted by Gasteiger charge is 2.39. The second-order valence-electron chi connectivity index (χ2n) is 8.01. The molecule has 36 heavy (non-hydrogen) atoms. The third kappa shape index (κ3) is 7.69. The van der Waals surface area contributed by atoms with Gasteiger partial charge in [-0.25, -0.2) is 14.4 Å². The van der Waals surface area contributed by atoms with Gasteiger partial charge in [0, 0.05) is 17.9 Å². The number of benzene rings is 1. The number of esters is 3. The minimum Gasteiger partial charge on any atom is -0.463 e. The maximum Gasteiger partial charge on any atom is 0.345 e. The zero-order chi connectivity index (χ0) is 26.1. The van der Waals surface area contributed by atoms with E-state index in [1.807, 2.05) is 43.3 Å². The highest BCUT2D eigenvalue weighted by molar-refractivity contribution is 9.12. The van der Waals surface area contributed by atoms with Crippen LogP contribution in [0.25, 0.3) is 6.08 Å². The van der Waals surface area contributed by atoms with Crippen molar-refractivity contribution < 1.29 is 28.6 Å². The number of nitrogens with one attached hydrogen (secondary N) is 1. The molecule has 1 heterocycles. The molecule has 0 saturated carbocycles. The maximum atomic E-state index is 13.3. The Labute approximate surface area is 227 Å². The number of dihydropyridines is 1. The summed E-state index contributed by atoms with van der Waals surface area (Å²) in [5.74, 6) is -2.35. The molecule has 1 N–H and O–H groups in total. The summed E-state index contributed by atoms with van der Waals surface area (Å²) in [6, 6.07) is 7.27. The highest BCUT2D eigenvalue weighted by atomic mass is 79.9. The van der Waals surface area contributed by atoms with Gasteiger partial charge in [-0.05, 0) is 74.9 Å². The van der Waals surface area contributed by atoms with Crippen LogP contribution >= 0.6 is 28.3 Å². The molecule has 1 aliphatic rings. The molecule has 0 radical (unpaired) electrons. The molecule has 0 spiro atoms. The minimum absolute atomic E-state index is 0. The van der Waals surface area contributed by atoms with Crippen LogP contribution in [0.4, 0.5) is 0 Å². The quantitative estimate of drug-likeness (QED) is 0.247. The number of hydrogen-bond acceptors (Lipinski definition) is 8. The Balaban J connectivity index is 0.00000648. The molecule has 198 valence electrons. The smallest absolute Gasteiger partial charge is 0.345 e. The van der Waals surface area contributed by atoms with Gasteiger partial charge < -0.3 is 24.4 Å². The lowest BCUT2D eigenvalue weighted by Crippen LogP contribution is -2.37. The van der Waals surface area contributed by atoms with Crippen molar-refractivity contribution in [3.63, 3.8) is 0 Å². The third-order valence-electron chi connectivity index (χ3n) is 5.17. The lowest BCUT2D eigenvalue weighted by atomic mass is 9.78. The first-order valence-electron chi connectivity index (χ1n) is 11.5. The molecular formula is C26H34BrClN2O6. The number of nitrogens with zero attached hydrogens (tertiary/aromatic N) is 1. The lowest BCUT2D eigenvalue weighted by molar-refractivity contribution is -0.140. The lowest BCUT2D eigenvalue weighted by Gasteiger charge is -2.33. The average Bonchev–Trinajstić information content (AvgIpc) is 2.79. The van der Waals surface area contributed by atoms with Gasteiger partial charge in [-0.15, -0.1) is 12.4 Å². The second kappa shape index (κ2) is 14.8. The number of halogens is 2. The molecule has 0 aromatic heterocycles. The van der Waals surface area contributed by atoms with Crippen LogP contribution in [0.2, 0.25) is 0 Å². The highest BCUT2D eigenvalue weighted by Crippen LogP contribution is 2.41. The van der Waals surface area contributed by atoms with Gasteiger partial charge in [0.25, 0.3) is 0 Å². The van der Waals surface area contributed by atoms with Crippen molar-refractivity contribution in [2.45, 2.75) is 33.6 Å². The van der Waals surface area contributed by atoms with E-state index in [1.165, 1.54) is 0 Å². The van der Waals surface area contributed by atoms with Crippen molar-refractivity contribution >= 4 is 52.3 Å². The Bertz CT molecular complexity index is 1060. The average molecular weight is 586 g/mol. The molecule has 2 rings (SSSR count). The Hall–Kier alpha value is -2.62. The zero-order valence-electron chi connectivity index (χ0n) is 21.5. The summed E-state index contributed by atoms with van der Waals surface area (Å²) in [6.07, 6.45) is 1.63. The largest absolute Gasteiger partial charge is 0.463 e. The van der Waals surface area contributed by atoms with Crippen molar-refractivity contribution in [1.29, 1.82) is 0 Å². The fourth-order valence-corrected chi connectivity index (χ4v) is 4.24. The Morgan fingerprint density at radius 1 is 0.972 bits per heavy atom. The number of carbonyl (C=O) groups excluding carboxylic acids is 3. The molecule has 0 amide bonds. The van der Waals surface area contributed by atoms with E-state index in [-0.39, 0.29) is 36.7 Å². The molecule has 0 bridgehead atoms. The Morgan fingerprint density at radius 2 is 1.53 bits per heavy atom. The normalized spacial score (nSPS) is 15.8. The summed E-state index contributed by atoms with van der Waals surface area (Å²) in [6.45, 7) is 7.98. The fraction of sp³-hybridized carbons (Fsp3) is 0.423. The van der Waals surface area contributed by atoms with E-state index in [1.54, 1.807) is 33.8 Å². The molecule has 1 atom stereocenters. The van der Waals surface area contributed by atoms with E-state index < -0.39 is 23.8 Å². The van der Waals surface area contributed by atoms with Crippen molar-refractivity contribution in [3.05, 3.63) is 62.4 Å². The van der Waals surface area contributed by atoms with E-state index in [2.05, 4.69) is 21.2 Å². The van der Waals surface area contributed by atoms with Gasteiger partial charge in [-0.1, -0.05) is 24.3 Å². The van der Waals surface area contributed by atoms with E-state index in [4.69, 9.17) is 14.2 Å². The summed E-state index contributed by atoms with van der Waals surface area (Å²) in [5, 5.41) is 3.24. The number of ether oxygens (including phenoxy) is 3. The summed E-state index contributed by atoms with van der Waals surface area (Å²) in [7, 11) is 3.78. The Kier molecular flexibility index (Phi) is 12.9. The molecule has 10 heteroatoms. The molecule has 0 aliphatic carbocycles. The van der Waals surface area contributed by atoms with Crippen molar-refractivity contribution in [2.24, 2.45) is 0 Å². The molecule has 0 fully saturated rings. The van der Waals surface area contributed by atoms with Gasteiger partial charge in [0.15, 0.2) is 0 Å². The van der Waals surface area contributed by atoms with Gasteiger partial charge in [0.05, 0.1) is 36.9 Å². The van der Waals surface area contributed by atoms with Crippen LogP contribution in [0, 0.1) is 0 Å². The SMILES string of the molecule is CCOC(=O)C1=C(C)NC(CN(C)C)=C(C(=O)OCC)C1c1ccccc1/C=C(\Br)C(=O)OCC.Cl. The number of carbonyl (C=O) groups is 3. The monoisotopic (exact) mass is 584 g/mol. The van der Waals surface area contributed by atoms with Crippen molar-refractivity contribution in [2.75, 3.05) is 40.5 Å². The van der Waals surface area contributed by atoms with Gasteiger partial charge in [0.2, 0.25) is 0 Å². The predicted octanol–water partition coefficient (Wildman–Crippen LogP) is 4.31. The number of hydrogen-bond donors (Lipinski definition) is 1. The first-order valence-corrected chi connectivity index (χ1v) is 12.3. The van der Waals surface area contributed by atoms with E-state index in [0.717, 1.165) is 0 Å². The molecule has 8 nitrogen and oxygen atoms in total. The van der Waals surface area contributed by atoms with Crippen LogP contribution in [0.3, 0.4) is 0 Å².